The first-order chi connectivity index (χ1) is 21.1. The molecule has 0 saturated carbocycles. The van der Waals surface area contributed by atoms with Crippen molar-refractivity contribution in [2.24, 2.45) is 0 Å². The lowest BCUT2D eigenvalue weighted by Crippen LogP contribution is -2.42. The molecule has 12 nitrogen and oxygen atoms in total. The van der Waals surface area contributed by atoms with Gasteiger partial charge < -0.3 is 18.9 Å². The fraction of sp³-hybridized carbons (Fsp3) is 0.375. The van der Waals surface area contributed by atoms with E-state index in [1.807, 2.05) is 81.8 Å². The Bertz CT molecular complexity index is 1840. The molecule has 0 N–H and O–H groups in total. The number of ether oxygens (including phenoxy) is 2. The van der Waals surface area contributed by atoms with E-state index in [0.29, 0.717) is 41.7 Å². The largest absolute Gasteiger partial charge is 0.471 e. The average Bonchev–Trinajstić information content (AvgIpc) is 3.76. The molecule has 1 atom stereocenters. The van der Waals surface area contributed by atoms with E-state index in [0.717, 1.165) is 35.2 Å². The number of nitriles is 1. The number of benzene rings is 1. The number of hydrogen-bond acceptors (Lipinski definition) is 9. The van der Waals surface area contributed by atoms with Gasteiger partial charge in [0.25, 0.3) is 0 Å². The van der Waals surface area contributed by atoms with Gasteiger partial charge in [-0.3, -0.25) is 4.40 Å². The zero-order valence-corrected chi connectivity index (χ0v) is 25.4. The lowest BCUT2D eigenvalue weighted by atomic mass is 10.0. The Balaban J connectivity index is 1.29. The number of aromatic nitrogens is 6. The predicted molar refractivity (Wildman–Crippen MR) is 161 cm³/mol. The maximum atomic E-state index is 12.5. The van der Waals surface area contributed by atoms with Crippen LogP contribution in [0.4, 0.5) is 4.79 Å². The third kappa shape index (κ3) is 5.60. The second-order valence-electron chi connectivity index (χ2n) is 11.9. The van der Waals surface area contributed by atoms with Gasteiger partial charge >= 0.3 is 6.09 Å². The van der Waals surface area contributed by atoms with Gasteiger partial charge in [0, 0.05) is 41.9 Å². The Morgan fingerprint density at radius 2 is 1.93 bits per heavy atom. The Morgan fingerprint density at radius 3 is 2.64 bits per heavy atom. The molecule has 226 valence electrons. The molecule has 1 amide bonds. The standard InChI is InChI=1S/C32H34N8O4/c1-20-30(35-37-40(20)23-10-13-38(14-11-23)31(41)44-32(3,4)5)22-16-28-34-19-24(18-33)39(28)29(17-22)43-21(2)25-8-6-7-9-26(25)27-12-15-42-36-27/h6-9,12,15-17,19,21,23H,10-11,13-14H2,1-5H3. The smallest absolute Gasteiger partial charge is 0.410 e. The van der Waals surface area contributed by atoms with Crippen LogP contribution in [0.5, 0.6) is 5.88 Å². The van der Waals surface area contributed by atoms with E-state index in [1.165, 1.54) is 12.5 Å². The van der Waals surface area contributed by atoms with Crippen molar-refractivity contribution in [3.05, 3.63) is 71.9 Å². The van der Waals surface area contributed by atoms with E-state index < -0.39 is 11.7 Å². The molecule has 1 aliphatic heterocycles. The van der Waals surface area contributed by atoms with Crippen LogP contribution in [0.25, 0.3) is 28.2 Å². The molecule has 12 heteroatoms. The maximum absolute atomic E-state index is 12.5. The van der Waals surface area contributed by atoms with E-state index in [-0.39, 0.29) is 12.1 Å². The van der Waals surface area contributed by atoms with Crippen molar-refractivity contribution in [2.45, 2.75) is 65.2 Å². The SMILES string of the molecule is Cc1c(-c2cc(OC(C)c3ccccc3-c3ccon3)n3c(C#N)cnc3c2)nnn1C1CCN(C(=O)OC(C)(C)C)CC1. The number of nitrogens with zero attached hydrogens (tertiary/aromatic N) is 8. The Kier molecular flexibility index (Phi) is 7.55. The van der Waals surface area contributed by atoms with Crippen LogP contribution < -0.4 is 4.74 Å². The summed E-state index contributed by atoms with van der Waals surface area (Å²) in [6, 6.07) is 15.7. The summed E-state index contributed by atoms with van der Waals surface area (Å²) in [5, 5.41) is 23.0. The summed E-state index contributed by atoms with van der Waals surface area (Å²) in [7, 11) is 0. The van der Waals surface area contributed by atoms with Gasteiger partial charge in [-0.05, 0) is 53.5 Å². The van der Waals surface area contributed by atoms with E-state index in [4.69, 9.17) is 14.0 Å². The van der Waals surface area contributed by atoms with E-state index in [2.05, 4.69) is 26.5 Å². The summed E-state index contributed by atoms with van der Waals surface area (Å²) in [4.78, 5) is 18.8. The zero-order valence-electron chi connectivity index (χ0n) is 25.4. The minimum absolute atomic E-state index is 0.0964. The third-order valence-corrected chi connectivity index (χ3v) is 7.76. The summed E-state index contributed by atoms with van der Waals surface area (Å²) in [5.74, 6) is 0.452. The fourth-order valence-corrected chi connectivity index (χ4v) is 5.63. The quantitative estimate of drug-likeness (QED) is 0.227. The van der Waals surface area contributed by atoms with Crippen molar-refractivity contribution >= 4 is 11.7 Å². The molecule has 0 aliphatic carbocycles. The van der Waals surface area contributed by atoms with Crippen molar-refractivity contribution in [3.63, 3.8) is 0 Å². The first-order valence-electron chi connectivity index (χ1n) is 14.6. The first kappa shape index (κ1) is 28.9. The lowest BCUT2D eigenvalue weighted by molar-refractivity contribution is 0.0183. The molecule has 1 saturated heterocycles. The number of carbonyl (C=O) groups is 1. The summed E-state index contributed by atoms with van der Waals surface area (Å²) < 4.78 is 20.8. The molecule has 1 aromatic carbocycles. The number of imidazole rings is 1. The van der Waals surface area contributed by atoms with E-state index in [9.17, 15) is 10.1 Å². The number of piperidine rings is 1. The van der Waals surface area contributed by atoms with E-state index in [1.54, 1.807) is 9.30 Å². The molecule has 0 radical (unpaired) electrons. The Hall–Kier alpha value is -5.18. The molecule has 1 fully saturated rings. The number of pyridine rings is 1. The normalized spacial score (nSPS) is 14.9. The Labute approximate surface area is 254 Å². The lowest BCUT2D eigenvalue weighted by Gasteiger charge is -2.33. The number of likely N-dealkylation sites (tertiary alicyclic amines) is 1. The molecule has 5 heterocycles. The van der Waals surface area contributed by atoms with Crippen LogP contribution in [0.15, 0.2) is 59.4 Å². The van der Waals surface area contributed by atoms with Crippen LogP contribution in [0, 0.1) is 18.3 Å². The van der Waals surface area contributed by atoms with Crippen molar-refractivity contribution in [3.8, 4) is 34.5 Å². The fourth-order valence-electron chi connectivity index (χ4n) is 5.63. The highest BCUT2D eigenvalue weighted by atomic mass is 16.6. The van der Waals surface area contributed by atoms with Gasteiger partial charge in [-0.25, -0.2) is 14.5 Å². The van der Waals surface area contributed by atoms with Gasteiger partial charge in [-0.1, -0.05) is 34.6 Å². The Morgan fingerprint density at radius 1 is 1.16 bits per heavy atom. The van der Waals surface area contributed by atoms with Crippen molar-refractivity contribution in [2.75, 3.05) is 13.1 Å². The average molecular weight is 595 g/mol. The van der Waals surface area contributed by atoms with Crippen LogP contribution in [0.2, 0.25) is 0 Å². The molecular weight excluding hydrogens is 560 g/mol. The molecule has 1 unspecified atom stereocenters. The summed E-state index contributed by atoms with van der Waals surface area (Å²) in [6.07, 6.45) is 3.86. The summed E-state index contributed by atoms with van der Waals surface area (Å²) in [5.41, 5.74) is 5.27. The topological polar surface area (TPSA) is 137 Å². The predicted octanol–water partition coefficient (Wildman–Crippen LogP) is 6.14. The molecule has 1 aliphatic rings. The van der Waals surface area contributed by atoms with Crippen molar-refractivity contribution < 1.29 is 18.8 Å². The second-order valence-corrected chi connectivity index (χ2v) is 11.9. The maximum Gasteiger partial charge on any atom is 0.410 e. The van der Waals surface area contributed by atoms with Crippen molar-refractivity contribution in [1.29, 1.82) is 5.26 Å². The highest BCUT2D eigenvalue weighted by Crippen LogP contribution is 2.35. The number of hydrogen-bond donors (Lipinski definition) is 0. The van der Waals surface area contributed by atoms with Crippen LogP contribution >= 0.6 is 0 Å². The van der Waals surface area contributed by atoms with Gasteiger partial charge in [0.15, 0.2) is 0 Å². The highest BCUT2D eigenvalue weighted by molar-refractivity contribution is 5.69. The van der Waals surface area contributed by atoms with Crippen molar-refractivity contribution in [1.82, 2.24) is 34.4 Å². The van der Waals surface area contributed by atoms with Crippen LogP contribution in [0.1, 0.15) is 69.6 Å². The number of fused-ring (bicyclic) bond motifs is 1. The molecule has 0 bridgehead atoms. The molecular formula is C32H34N8O4. The van der Waals surface area contributed by atoms with Crippen LogP contribution in [-0.4, -0.2) is 59.2 Å². The van der Waals surface area contributed by atoms with Gasteiger partial charge in [0.05, 0.1) is 17.9 Å². The molecule has 0 spiro atoms. The summed E-state index contributed by atoms with van der Waals surface area (Å²) in [6.45, 7) is 10.7. The summed E-state index contributed by atoms with van der Waals surface area (Å²) >= 11 is 0. The number of amides is 1. The van der Waals surface area contributed by atoms with Crippen LogP contribution in [-0.2, 0) is 4.74 Å². The molecule has 44 heavy (non-hydrogen) atoms. The zero-order chi connectivity index (χ0) is 31.0. The van der Waals surface area contributed by atoms with Gasteiger partial charge in [-0.2, -0.15) is 5.26 Å². The monoisotopic (exact) mass is 594 g/mol. The minimum atomic E-state index is -0.532. The van der Waals surface area contributed by atoms with Crippen LogP contribution in [0.3, 0.4) is 0 Å². The molecule has 5 aromatic rings. The van der Waals surface area contributed by atoms with Gasteiger partial charge in [-0.15, -0.1) is 5.10 Å². The van der Waals surface area contributed by atoms with Gasteiger partial charge in [0.2, 0.25) is 5.88 Å². The third-order valence-electron chi connectivity index (χ3n) is 7.76. The highest BCUT2D eigenvalue weighted by Gasteiger charge is 2.29. The molecule has 6 rings (SSSR count). The van der Waals surface area contributed by atoms with E-state index >= 15 is 0 Å². The molecule has 4 aromatic heterocycles. The number of carbonyl (C=O) groups excluding carboxylic acids is 1. The number of rotatable bonds is 6. The van der Waals surface area contributed by atoms with Gasteiger partial charge in [0.1, 0.15) is 46.8 Å². The first-order valence-corrected chi connectivity index (χ1v) is 14.6. The second kappa shape index (κ2) is 11.5. The minimum Gasteiger partial charge on any atom is -0.471 e.